The number of halogens is 1. The molecule has 7 nitrogen and oxygen atoms in total. The molecule has 0 aliphatic carbocycles. The van der Waals surface area contributed by atoms with Crippen LogP contribution in [-0.2, 0) is 19.6 Å². The third-order valence-electron chi connectivity index (χ3n) is 4.31. The number of anilines is 1. The molecule has 0 aliphatic rings. The van der Waals surface area contributed by atoms with E-state index in [-0.39, 0.29) is 28.6 Å². The van der Waals surface area contributed by atoms with Crippen molar-refractivity contribution in [2.75, 3.05) is 31.0 Å². The second-order valence-electron chi connectivity index (χ2n) is 6.40. The Labute approximate surface area is 187 Å². The summed E-state index contributed by atoms with van der Waals surface area (Å²) in [6, 6.07) is 12.2. The number of carbonyl (C=O) groups is 2. The van der Waals surface area contributed by atoms with Crippen molar-refractivity contribution in [1.82, 2.24) is 4.90 Å². The van der Waals surface area contributed by atoms with Gasteiger partial charge in [-0.25, -0.2) is 13.2 Å². The Bertz CT molecular complexity index is 1060. The summed E-state index contributed by atoms with van der Waals surface area (Å²) in [7, 11) is -2.55. The van der Waals surface area contributed by atoms with Gasteiger partial charge in [-0.05, 0) is 30.3 Å². The fourth-order valence-corrected chi connectivity index (χ4v) is 4.06. The van der Waals surface area contributed by atoms with Gasteiger partial charge in [0.15, 0.2) is 6.61 Å². The van der Waals surface area contributed by atoms with E-state index in [2.05, 4.69) is 13.2 Å². The van der Waals surface area contributed by atoms with E-state index in [9.17, 15) is 18.0 Å². The van der Waals surface area contributed by atoms with Gasteiger partial charge in [0.25, 0.3) is 15.9 Å². The number of sulfonamides is 1. The van der Waals surface area contributed by atoms with E-state index in [1.807, 2.05) is 0 Å². The minimum Gasteiger partial charge on any atom is -0.452 e. The predicted molar refractivity (Wildman–Crippen MR) is 121 cm³/mol. The molecule has 0 radical (unpaired) electrons. The van der Waals surface area contributed by atoms with Gasteiger partial charge in [0.1, 0.15) is 0 Å². The molecular weight excluding hydrogens is 440 g/mol. The fraction of sp³-hybridized carbons (Fsp3) is 0.182. The van der Waals surface area contributed by atoms with Crippen LogP contribution in [0.2, 0.25) is 5.02 Å². The van der Waals surface area contributed by atoms with Crippen LogP contribution >= 0.6 is 11.6 Å². The van der Waals surface area contributed by atoms with Gasteiger partial charge in [0, 0.05) is 20.1 Å². The molecule has 0 saturated heterocycles. The number of hydrogen-bond acceptors (Lipinski definition) is 5. The van der Waals surface area contributed by atoms with E-state index in [0.29, 0.717) is 5.69 Å². The smallest absolute Gasteiger partial charge is 0.340 e. The first-order chi connectivity index (χ1) is 14.7. The molecular formula is C22H23ClN2O5S. The molecule has 0 fully saturated rings. The zero-order valence-corrected chi connectivity index (χ0v) is 18.6. The van der Waals surface area contributed by atoms with Crippen LogP contribution in [0.1, 0.15) is 10.4 Å². The van der Waals surface area contributed by atoms with E-state index >= 15 is 0 Å². The summed E-state index contributed by atoms with van der Waals surface area (Å²) in [5.41, 5.74) is 0.299. The molecule has 164 valence electrons. The van der Waals surface area contributed by atoms with Crippen LogP contribution in [0.5, 0.6) is 0 Å². The van der Waals surface area contributed by atoms with E-state index in [1.54, 1.807) is 30.3 Å². The number of carbonyl (C=O) groups excluding carboxylic acids is 2. The Morgan fingerprint density at radius 2 is 1.68 bits per heavy atom. The van der Waals surface area contributed by atoms with Crippen molar-refractivity contribution in [2.24, 2.45) is 0 Å². The van der Waals surface area contributed by atoms with Gasteiger partial charge in [-0.15, -0.1) is 13.2 Å². The number of hydrogen-bond donors (Lipinski definition) is 0. The van der Waals surface area contributed by atoms with Gasteiger partial charge >= 0.3 is 5.97 Å². The first-order valence-corrected chi connectivity index (χ1v) is 11.0. The van der Waals surface area contributed by atoms with Crippen molar-refractivity contribution < 1.29 is 22.7 Å². The maximum absolute atomic E-state index is 13.0. The summed E-state index contributed by atoms with van der Waals surface area (Å²) in [6.07, 6.45) is 3.08. The lowest BCUT2D eigenvalue weighted by Gasteiger charge is -2.20. The van der Waals surface area contributed by atoms with Crippen LogP contribution in [0.15, 0.2) is 78.7 Å². The van der Waals surface area contributed by atoms with Crippen molar-refractivity contribution in [1.29, 1.82) is 0 Å². The first-order valence-electron chi connectivity index (χ1n) is 9.22. The Morgan fingerprint density at radius 1 is 1.06 bits per heavy atom. The molecule has 0 N–H and O–H groups in total. The van der Waals surface area contributed by atoms with Crippen LogP contribution in [0, 0.1) is 0 Å². The quantitative estimate of drug-likeness (QED) is 0.398. The summed E-state index contributed by atoms with van der Waals surface area (Å²) >= 11 is 6.08. The van der Waals surface area contributed by atoms with Gasteiger partial charge in [0.2, 0.25) is 0 Å². The highest BCUT2D eigenvalue weighted by Gasteiger charge is 2.24. The Morgan fingerprint density at radius 3 is 2.26 bits per heavy atom. The van der Waals surface area contributed by atoms with E-state index < -0.39 is 28.5 Å². The van der Waals surface area contributed by atoms with Crippen LogP contribution in [0.25, 0.3) is 0 Å². The second-order valence-corrected chi connectivity index (χ2v) is 8.78. The topological polar surface area (TPSA) is 84.0 Å². The Balaban J connectivity index is 2.22. The average Bonchev–Trinajstić information content (AvgIpc) is 2.77. The second kappa shape index (κ2) is 10.8. The van der Waals surface area contributed by atoms with Crippen LogP contribution in [0.4, 0.5) is 5.69 Å². The molecule has 0 unspecified atom stereocenters. The van der Waals surface area contributed by atoms with Gasteiger partial charge in [0.05, 0.1) is 21.2 Å². The number of rotatable bonds is 10. The number of amides is 1. The minimum absolute atomic E-state index is 0.00722. The summed E-state index contributed by atoms with van der Waals surface area (Å²) in [4.78, 5) is 26.0. The lowest BCUT2D eigenvalue weighted by Crippen LogP contribution is -2.35. The Hall–Kier alpha value is -3.10. The first kappa shape index (κ1) is 24.2. The summed E-state index contributed by atoms with van der Waals surface area (Å²) in [5.74, 6) is -1.35. The molecule has 0 atom stereocenters. The predicted octanol–water partition coefficient (Wildman–Crippen LogP) is 3.52. The number of nitrogens with zero attached hydrogens (tertiary/aromatic N) is 2. The normalized spacial score (nSPS) is 10.8. The number of benzene rings is 2. The van der Waals surface area contributed by atoms with Gasteiger partial charge in [-0.3, -0.25) is 9.10 Å². The van der Waals surface area contributed by atoms with E-state index in [4.69, 9.17) is 16.3 Å². The molecule has 2 aromatic carbocycles. The number of ether oxygens (including phenoxy) is 1. The summed E-state index contributed by atoms with van der Waals surface area (Å²) < 4.78 is 32.1. The number of esters is 1. The molecule has 0 spiro atoms. The van der Waals surface area contributed by atoms with Crippen molar-refractivity contribution in [2.45, 2.75) is 4.90 Å². The molecule has 0 bridgehead atoms. The highest BCUT2D eigenvalue weighted by atomic mass is 35.5. The largest absolute Gasteiger partial charge is 0.452 e. The zero-order valence-electron chi connectivity index (χ0n) is 17.0. The van der Waals surface area contributed by atoms with Crippen molar-refractivity contribution in [3.63, 3.8) is 0 Å². The highest BCUT2D eigenvalue weighted by molar-refractivity contribution is 7.92. The van der Waals surface area contributed by atoms with Crippen molar-refractivity contribution in [3.8, 4) is 0 Å². The van der Waals surface area contributed by atoms with Crippen molar-refractivity contribution >= 4 is 39.2 Å². The van der Waals surface area contributed by atoms with E-state index in [0.717, 1.165) is 10.4 Å². The summed E-state index contributed by atoms with van der Waals surface area (Å²) in [6.45, 7) is 7.15. The van der Waals surface area contributed by atoms with Crippen molar-refractivity contribution in [3.05, 3.63) is 84.4 Å². The SMILES string of the molecule is C=CCN(CC=C)C(=O)COC(=O)c1cc(S(=O)(=O)N(C)c2ccccc2)ccc1Cl. The maximum Gasteiger partial charge on any atom is 0.340 e. The zero-order chi connectivity index (χ0) is 23.0. The molecule has 0 aromatic heterocycles. The van der Waals surface area contributed by atoms with E-state index in [1.165, 1.54) is 36.2 Å². The molecule has 31 heavy (non-hydrogen) atoms. The Kier molecular flexibility index (Phi) is 8.41. The van der Waals surface area contributed by atoms with Gasteiger partial charge in [-0.2, -0.15) is 0 Å². The summed E-state index contributed by atoms with van der Waals surface area (Å²) in [5, 5.41) is 0.00722. The van der Waals surface area contributed by atoms with Crippen LogP contribution in [0.3, 0.4) is 0 Å². The molecule has 1 amide bonds. The monoisotopic (exact) mass is 462 g/mol. The fourth-order valence-electron chi connectivity index (χ4n) is 2.64. The molecule has 0 saturated carbocycles. The lowest BCUT2D eigenvalue weighted by atomic mass is 10.2. The molecule has 2 rings (SSSR count). The number of para-hydroxylation sites is 1. The van der Waals surface area contributed by atoms with Crippen LogP contribution < -0.4 is 4.31 Å². The maximum atomic E-state index is 13.0. The standard InChI is InChI=1S/C22H23ClN2O5S/c1-4-13-25(14-5-2)21(26)16-30-22(27)19-15-18(11-12-20(19)23)31(28,29)24(3)17-9-7-6-8-10-17/h4-12,15H,1-2,13-14,16H2,3H3. The molecule has 0 heterocycles. The molecule has 9 heteroatoms. The minimum atomic E-state index is -3.95. The molecule has 0 aliphatic heterocycles. The third kappa shape index (κ3) is 5.96. The highest BCUT2D eigenvalue weighted by Crippen LogP contribution is 2.26. The lowest BCUT2D eigenvalue weighted by molar-refractivity contribution is -0.133. The van der Waals surface area contributed by atoms with Crippen LogP contribution in [-0.4, -0.2) is 51.9 Å². The third-order valence-corrected chi connectivity index (χ3v) is 6.43. The van der Waals surface area contributed by atoms with Gasteiger partial charge in [-0.1, -0.05) is 42.0 Å². The van der Waals surface area contributed by atoms with Gasteiger partial charge < -0.3 is 9.64 Å². The molecule has 2 aromatic rings. The average molecular weight is 463 g/mol.